The number of aryl methyl sites for hydroxylation is 1. The zero-order valence-electron chi connectivity index (χ0n) is 9.83. The molecule has 0 fully saturated rings. The maximum absolute atomic E-state index is 2.64. The topological polar surface area (TPSA) is 3.24 Å². The molecule has 0 aromatic heterocycles. The van der Waals surface area contributed by atoms with Crippen molar-refractivity contribution in [2.24, 2.45) is 0 Å². The van der Waals surface area contributed by atoms with Crippen LogP contribution in [0.2, 0.25) is 0 Å². The average Bonchev–Trinajstić information content (AvgIpc) is 2.31. The van der Waals surface area contributed by atoms with Crippen LogP contribution in [0.1, 0.15) is 32.8 Å². The summed E-state index contributed by atoms with van der Waals surface area (Å²) in [5, 5.41) is 0. The van der Waals surface area contributed by atoms with Crippen molar-refractivity contribution in [3.05, 3.63) is 29.8 Å². The van der Waals surface area contributed by atoms with Crippen molar-refractivity contribution in [2.75, 3.05) is 11.4 Å². The van der Waals surface area contributed by atoms with Gasteiger partial charge in [-0.2, -0.15) is 0 Å². The molecule has 0 amide bonds. The summed E-state index contributed by atoms with van der Waals surface area (Å²) in [6, 6.07) is 8.69. The predicted molar refractivity (Wildman–Crippen MR) is 64.1 cm³/mol. The Kier molecular flexibility index (Phi) is 5.14. The molecule has 81 valence electrons. The number of hydrogen-bond donors (Lipinski definition) is 0. The first-order valence-electron chi connectivity index (χ1n) is 5.67. The average molecular weight is 240 g/mol. The first-order valence-corrected chi connectivity index (χ1v) is 6.37. The molecular formula is C13H19NV. The molecule has 0 saturated carbocycles. The van der Waals surface area contributed by atoms with E-state index in [9.17, 15) is 0 Å². The molecule has 1 nitrogen and oxygen atoms in total. The van der Waals surface area contributed by atoms with Gasteiger partial charge in [-0.3, -0.25) is 0 Å². The molecule has 0 unspecified atom stereocenters. The van der Waals surface area contributed by atoms with E-state index >= 15 is 0 Å². The zero-order valence-corrected chi connectivity index (χ0v) is 11.2. The summed E-state index contributed by atoms with van der Waals surface area (Å²) < 4.78 is 1.33. The van der Waals surface area contributed by atoms with E-state index in [0.717, 1.165) is 6.54 Å². The minimum absolute atomic E-state index is 1.16. The van der Waals surface area contributed by atoms with Crippen LogP contribution in [0.15, 0.2) is 24.3 Å². The molecule has 1 aromatic rings. The van der Waals surface area contributed by atoms with Crippen molar-refractivity contribution in [1.82, 2.24) is 0 Å². The van der Waals surface area contributed by atoms with Crippen molar-refractivity contribution in [2.45, 2.75) is 33.6 Å². The number of hydrogen-bond acceptors (Lipinski definition) is 1. The summed E-state index contributed by atoms with van der Waals surface area (Å²) in [7, 11) is 0. The van der Waals surface area contributed by atoms with Gasteiger partial charge < -0.3 is 0 Å². The molecule has 1 aliphatic heterocycles. The van der Waals surface area contributed by atoms with Crippen LogP contribution in [-0.2, 0) is 23.4 Å². The maximum atomic E-state index is 2.64. The molecule has 2 heteroatoms. The van der Waals surface area contributed by atoms with Gasteiger partial charge in [-0.1, -0.05) is 13.8 Å². The molecule has 0 bridgehead atoms. The number of anilines is 1. The Bertz CT molecular complexity index is 333. The van der Waals surface area contributed by atoms with Crippen LogP contribution < -0.4 is 4.90 Å². The Morgan fingerprint density at radius 2 is 1.93 bits per heavy atom. The van der Waals surface area contributed by atoms with Crippen molar-refractivity contribution < 1.29 is 17.0 Å². The summed E-state index contributed by atoms with van der Waals surface area (Å²) >= 11 is 2.64. The molecule has 15 heavy (non-hydrogen) atoms. The summed E-state index contributed by atoms with van der Waals surface area (Å²) in [5.74, 6) is 0. The number of benzene rings is 1. The molecule has 0 saturated heterocycles. The minimum atomic E-state index is 1.16. The Balaban J connectivity index is 0.000000531. The van der Waals surface area contributed by atoms with Gasteiger partial charge in [-0.25, -0.2) is 0 Å². The fourth-order valence-electron chi connectivity index (χ4n) is 1.87. The monoisotopic (exact) mass is 240 g/mol. The van der Waals surface area contributed by atoms with Gasteiger partial charge >= 0.3 is 88.1 Å². The number of rotatable bonds is 1. The second kappa shape index (κ2) is 6.14. The van der Waals surface area contributed by atoms with E-state index < -0.39 is 0 Å². The van der Waals surface area contributed by atoms with E-state index in [0.29, 0.717) is 0 Å². The fourth-order valence-corrected chi connectivity index (χ4v) is 2.19. The normalized spacial score (nSPS) is 13.6. The molecular weight excluding hydrogens is 221 g/mol. The van der Waals surface area contributed by atoms with E-state index in [2.05, 4.69) is 53.1 Å². The van der Waals surface area contributed by atoms with Crippen molar-refractivity contribution in [3.8, 4) is 0 Å². The van der Waals surface area contributed by atoms with Crippen LogP contribution in [0.5, 0.6) is 0 Å². The number of nitrogens with zero attached hydrogens (tertiary/aromatic N) is 1. The molecule has 0 N–H and O–H groups in total. The third kappa shape index (κ3) is 2.96. The van der Waals surface area contributed by atoms with Crippen molar-refractivity contribution in [3.63, 3.8) is 0 Å². The van der Waals surface area contributed by atoms with Crippen molar-refractivity contribution >= 4 is 10.0 Å². The molecule has 1 aromatic carbocycles. The molecule has 0 spiro atoms. The SMILES string of the molecule is CC.C[C](=[V])N1CCCc2ccccc21. The first kappa shape index (κ1) is 12.5. The Labute approximate surface area is 102 Å². The second-order valence-electron chi connectivity index (χ2n) is 3.43. The Hall–Kier alpha value is -0.526. The number of fused-ring (bicyclic) bond motifs is 1. The van der Waals surface area contributed by atoms with Gasteiger partial charge in [-0.05, 0) is 0 Å². The van der Waals surface area contributed by atoms with Crippen LogP contribution in [0.3, 0.4) is 0 Å². The van der Waals surface area contributed by atoms with Crippen LogP contribution in [0, 0.1) is 0 Å². The summed E-state index contributed by atoms with van der Waals surface area (Å²) in [4.78, 5) is 2.39. The Morgan fingerprint density at radius 1 is 1.27 bits per heavy atom. The Morgan fingerprint density at radius 3 is 2.60 bits per heavy atom. The first-order chi connectivity index (χ1) is 7.29. The molecule has 1 aliphatic rings. The van der Waals surface area contributed by atoms with Gasteiger partial charge in [0.15, 0.2) is 0 Å². The molecule has 2 rings (SSSR count). The van der Waals surface area contributed by atoms with E-state index in [4.69, 9.17) is 0 Å². The standard InChI is InChI=1S/C11H13N.C2H6.V/c1-2-12-9-5-7-10-6-3-4-8-11(10)12;1-2;/h3-4,6,8H,5,7,9H2,1H3;1-2H3;. The van der Waals surface area contributed by atoms with Gasteiger partial charge in [0.05, 0.1) is 0 Å². The van der Waals surface area contributed by atoms with Crippen molar-refractivity contribution in [1.29, 1.82) is 0 Å². The van der Waals surface area contributed by atoms with Gasteiger partial charge in [0.2, 0.25) is 0 Å². The van der Waals surface area contributed by atoms with Crippen LogP contribution in [0.25, 0.3) is 0 Å². The molecule has 0 aliphatic carbocycles. The van der Waals surface area contributed by atoms with Crippen LogP contribution in [0.4, 0.5) is 5.69 Å². The van der Waals surface area contributed by atoms with Crippen LogP contribution in [-0.4, -0.2) is 10.9 Å². The van der Waals surface area contributed by atoms with E-state index in [1.165, 1.54) is 28.4 Å². The van der Waals surface area contributed by atoms with Gasteiger partial charge in [0.25, 0.3) is 0 Å². The summed E-state index contributed by atoms with van der Waals surface area (Å²) in [6.07, 6.45) is 2.50. The molecule has 1 heterocycles. The molecule has 0 radical (unpaired) electrons. The van der Waals surface area contributed by atoms with Gasteiger partial charge in [0, 0.05) is 0 Å². The quantitative estimate of drug-likeness (QED) is 0.728. The number of para-hydroxylation sites is 1. The summed E-state index contributed by atoms with van der Waals surface area (Å²) in [5.41, 5.74) is 2.88. The predicted octanol–water partition coefficient (Wildman–Crippen LogP) is 3.16. The fraction of sp³-hybridized carbons (Fsp3) is 0.462. The van der Waals surface area contributed by atoms with Crippen LogP contribution >= 0.6 is 0 Å². The van der Waals surface area contributed by atoms with E-state index in [-0.39, 0.29) is 0 Å². The second-order valence-corrected chi connectivity index (χ2v) is 4.44. The van der Waals surface area contributed by atoms with Gasteiger partial charge in [-0.15, -0.1) is 0 Å². The van der Waals surface area contributed by atoms with Gasteiger partial charge in [0.1, 0.15) is 0 Å². The summed E-state index contributed by atoms with van der Waals surface area (Å²) in [6.45, 7) is 7.32. The van der Waals surface area contributed by atoms with E-state index in [1.807, 2.05) is 13.8 Å². The third-order valence-corrected chi connectivity index (χ3v) is 2.88. The van der Waals surface area contributed by atoms with E-state index in [1.54, 1.807) is 0 Å². The molecule has 0 atom stereocenters. The zero-order chi connectivity index (χ0) is 11.3. The third-order valence-electron chi connectivity index (χ3n) is 2.50.